The average Bonchev–Trinajstić information content (AvgIpc) is 2.64. The van der Waals surface area contributed by atoms with Crippen molar-refractivity contribution in [2.45, 2.75) is 6.61 Å². The summed E-state index contributed by atoms with van der Waals surface area (Å²) in [6.45, 7) is 0.314. The molecule has 3 aromatic carbocycles. The third-order valence-corrected chi connectivity index (χ3v) is 4.15. The third kappa shape index (κ3) is 4.75. The standard InChI is InChI=1S/C20H14Cl2O3/c21-18-10-9-14(11-19(18)22)13-24-17-8-4-5-15(12-17)20(23)25-16-6-2-1-3-7-16/h1-12H,13H2. The van der Waals surface area contributed by atoms with Crippen molar-refractivity contribution in [2.24, 2.45) is 0 Å². The fourth-order valence-corrected chi connectivity index (χ4v) is 2.48. The summed E-state index contributed by atoms with van der Waals surface area (Å²) in [6.07, 6.45) is 0. The Labute approximate surface area is 155 Å². The molecule has 0 heterocycles. The fourth-order valence-electron chi connectivity index (χ4n) is 2.16. The van der Waals surface area contributed by atoms with Crippen LogP contribution in [0.2, 0.25) is 10.0 Å². The van der Waals surface area contributed by atoms with Gasteiger partial charge >= 0.3 is 5.97 Å². The van der Waals surface area contributed by atoms with Gasteiger partial charge in [0.05, 0.1) is 15.6 Å². The van der Waals surface area contributed by atoms with Crippen LogP contribution in [-0.2, 0) is 6.61 Å². The predicted octanol–water partition coefficient (Wildman–Crippen LogP) is 5.79. The Morgan fingerprint density at radius 2 is 1.56 bits per heavy atom. The first-order chi connectivity index (χ1) is 12.1. The van der Waals surface area contributed by atoms with Crippen LogP contribution in [0.3, 0.4) is 0 Å². The predicted molar refractivity (Wildman–Crippen MR) is 98.6 cm³/mol. The second kappa shape index (κ2) is 8.06. The molecule has 3 rings (SSSR count). The molecule has 0 N–H and O–H groups in total. The maximum absolute atomic E-state index is 12.2. The molecule has 0 aromatic heterocycles. The molecule has 3 nitrogen and oxygen atoms in total. The normalized spacial score (nSPS) is 10.3. The molecule has 126 valence electrons. The van der Waals surface area contributed by atoms with Crippen LogP contribution in [0.15, 0.2) is 72.8 Å². The van der Waals surface area contributed by atoms with E-state index in [1.807, 2.05) is 12.1 Å². The van der Waals surface area contributed by atoms with E-state index >= 15 is 0 Å². The van der Waals surface area contributed by atoms with E-state index in [0.29, 0.717) is 33.7 Å². The summed E-state index contributed by atoms with van der Waals surface area (Å²) < 4.78 is 11.0. The Morgan fingerprint density at radius 3 is 2.32 bits per heavy atom. The summed E-state index contributed by atoms with van der Waals surface area (Å²) in [6, 6.07) is 21.1. The Bertz CT molecular complexity index is 879. The van der Waals surface area contributed by atoms with Gasteiger partial charge < -0.3 is 9.47 Å². The number of carbonyl (C=O) groups excluding carboxylic acids is 1. The van der Waals surface area contributed by atoms with Crippen LogP contribution in [0.5, 0.6) is 11.5 Å². The van der Waals surface area contributed by atoms with Gasteiger partial charge in [-0.15, -0.1) is 0 Å². The average molecular weight is 373 g/mol. The van der Waals surface area contributed by atoms with Crippen molar-refractivity contribution in [2.75, 3.05) is 0 Å². The van der Waals surface area contributed by atoms with Gasteiger partial charge in [-0.25, -0.2) is 4.79 Å². The number of para-hydroxylation sites is 1. The van der Waals surface area contributed by atoms with E-state index in [-0.39, 0.29) is 0 Å². The second-order valence-electron chi connectivity index (χ2n) is 5.27. The van der Waals surface area contributed by atoms with E-state index in [1.165, 1.54) is 0 Å². The lowest BCUT2D eigenvalue weighted by atomic mass is 10.2. The van der Waals surface area contributed by atoms with Crippen LogP contribution in [0, 0.1) is 0 Å². The number of hydrogen-bond acceptors (Lipinski definition) is 3. The first-order valence-electron chi connectivity index (χ1n) is 7.56. The topological polar surface area (TPSA) is 35.5 Å². The number of ether oxygens (including phenoxy) is 2. The molecule has 0 saturated heterocycles. The SMILES string of the molecule is O=C(Oc1ccccc1)c1cccc(OCc2ccc(Cl)c(Cl)c2)c1. The molecule has 0 aliphatic heterocycles. The monoisotopic (exact) mass is 372 g/mol. The van der Waals surface area contributed by atoms with Crippen LogP contribution in [0.1, 0.15) is 15.9 Å². The molecule has 0 atom stereocenters. The van der Waals surface area contributed by atoms with Gasteiger partial charge in [0.15, 0.2) is 0 Å². The minimum Gasteiger partial charge on any atom is -0.489 e. The minimum atomic E-state index is -0.439. The highest BCUT2D eigenvalue weighted by Gasteiger charge is 2.10. The largest absolute Gasteiger partial charge is 0.489 e. The molecule has 0 aliphatic rings. The van der Waals surface area contributed by atoms with Crippen LogP contribution < -0.4 is 9.47 Å². The Balaban J connectivity index is 1.66. The van der Waals surface area contributed by atoms with Crippen molar-refractivity contribution in [1.29, 1.82) is 0 Å². The zero-order valence-corrected chi connectivity index (χ0v) is 14.6. The molecule has 0 spiro atoms. The lowest BCUT2D eigenvalue weighted by Crippen LogP contribution is -2.08. The van der Waals surface area contributed by atoms with Crippen molar-refractivity contribution in [3.8, 4) is 11.5 Å². The number of carbonyl (C=O) groups is 1. The van der Waals surface area contributed by atoms with Gasteiger partial charge in [-0.1, -0.05) is 53.5 Å². The molecule has 5 heteroatoms. The van der Waals surface area contributed by atoms with E-state index in [1.54, 1.807) is 60.7 Å². The van der Waals surface area contributed by atoms with Crippen molar-refractivity contribution < 1.29 is 14.3 Å². The first-order valence-corrected chi connectivity index (χ1v) is 8.31. The van der Waals surface area contributed by atoms with Gasteiger partial charge in [0.2, 0.25) is 0 Å². The van der Waals surface area contributed by atoms with Gasteiger partial charge in [-0.2, -0.15) is 0 Å². The van der Waals surface area contributed by atoms with Crippen LogP contribution in [0.25, 0.3) is 0 Å². The van der Waals surface area contributed by atoms with Gasteiger partial charge in [-0.3, -0.25) is 0 Å². The highest BCUT2D eigenvalue weighted by Crippen LogP contribution is 2.24. The number of halogens is 2. The molecule has 0 bridgehead atoms. The molecule has 0 aliphatic carbocycles. The summed E-state index contributed by atoms with van der Waals surface area (Å²) in [4.78, 5) is 12.2. The van der Waals surface area contributed by atoms with Crippen molar-refractivity contribution in [3.05, 3.63) is 94.0 Å². The summed E-state index contributed by atoms with van der Waals surface area (Å²) in [5, 5.41) is 0.971. The lowest BCUT2D eigenvalue weighted by molar-refractivity contribution is 0.0734. The zero-order chi connectivity index (χ0) is 17.6. The number of rotatable bonds is 5. The van der Waals surface area contributed by atoms with Crippen molar-refractivity contribution >= 4 is 29.2 Å². The van der Waals surface area contributed by atoms with E-state index in [9.17, 15) is 4.79 Å². The zero-order valence-electron chi connectivity index (χ0n) is 13.1. The van der Waals surface area contributed by atoms with E-state index in [0.717, 1.165) is 5.56 Å². The molecule has 0 unspecified atom stereocenters. The van der Waals surface area contributed by atoms with Crippen molar-refractivity contribution in [3.63, 3.8) is 0 Å². The van der Waals surface area contributed by atoms with E-state index in [2.05, 4.69) is 0 Å². The molecular formula is C20H14Cl2O3. The maximum atomic E-state index is 12.2. The molecule has 3 aromatic rings. The van der Waals surface area contributed by atoms with E-state index < -0.39 is 5.97 Å². The molecule has 0 fully saturated rings. The molecule has 0 saturated carbocycles. The molecule has 0 amide bonds. The molecular weight excluding hydrogens is 359 g/mol. The van der Waals surface area contributed by atoms with E-state index in [4.69, 9.17) is 32.7 Å². The van der Waals surface area contributed by atoms with Crippen molar-refractivity contribution in [1.82, 2.24) is 0 Å². The highest BCUT2D eigenvalue weighted by molar-refractivity contribution is 6.42. The summed E-state index contributed by atoms with van der Waals surface area (Å²) >= 11 is 11.9. The van der Waals surface area contributed by atoms with Crippen LogP contribution in [-0.4, -0.2) is 5.97 Å². The van der Waals surface area contributed by atoms with Gasteiger partial charge in [-0.05, 0) is 48.0 Å². The first kappa shape index (κ1) is 17.3. The summed E-state index contributed by atoms with van der Waals surface area (Å²) in [5.41, 5.74) is 1.29. The van der Waals surface area contributed by atoms with Crippen LogP contribution >= 0.6 is 23.2 Å². The number of hydrogen-bond donors (Lipinski definition) is 0. The maximum Gasteiger partial charge on any atom is 0.343 e. The third-order valence-electron chi connectivity index (χ3n) is 3.41. The number of benzene rings is 3. The Morgan fingerprint density at radius 1 is 0.800 bits per heavy atom. The summed E-state index contributed by atoms with van der Waals surface area (Å²) in [7, 11) is 0. The summed E-state index contributed by atoms with van der Waals surface area (Å²) in [5.74, 6) is 0.620. The minimum absolute atomic E-state index is 0.314. The molecule has 0 radical (unpaired) electrons. The van der Waals surface area contributed by atoms with Gasteiger partial charge in [0.25, 0.3) is 0 Å². The quantitative estimate of drug-likeness (QED) is 0.419. The second-order valence-corrected chi connectivity index (χ2v) is 6.08. The number of esters is 1. The van der Waals surface area contributed by atoms with Gasteiger partial charge in [0, 0.05) is 0 Å². The fraction of sp³-hybridized carbons (Fsp3) is 0.0500. The highest BCUT2D eigenvalue weighted by atomic mass is 35.5. The van der Waals surface area contributed by atoms with Crippen LogP contribution in [0.4, 0.5) is 0 Å². The Kier molecular flexibility index (Phi) is 5.59. The smallest absolute Gasteiger partial charge is 0.343 e. The lowest BCUT2D eigenvalue weighted by Gasteiger charge is -2.09. The molecule has 25 heavy (non-hydrogen) atoms. The Hall–Kier alpha value is -2.49. The van der Waals surface area contributed by atoms with Gasteiger partial charge in [0.1, 0.15) is 18.1 Å².